The molecular formula is C22H22O12. The highest BCUT2D eigenvalue weighted by Gasteiger charge is 2.48. The van der Waals surface area contributed by atoms with Crippen LogP contribution in [-0.2, 0) is 14.3 Å². The van der Waals surface area contributed by atoms with Crippen molar-refractivity contribution >= 4 is 11.8 Å². The number of ether oxygens (including phenoxy) is 4. The van der Waals surface area contributed by atoms with E-state index in [4.69, 9.17) is 14.2 Å². The lowest BCUT2D eigenvalue weighted by atomic mass is 9.95. The van der Waals surface area contributed by atoms with E-state index < -0.39 is 60.1 Å². The highest BCUT2D eigenvalue weighted by molar-refractivity contribution is 6.02. The minimum absolute atomic E-state index is 0.0702. The molecule has 2 aliphatic heterocycles. The number of hydrogen-bond acceptors (Lipinski definition) is 12. The molecule has 12 nitrogen and oxygen atoms in total. The van der Waals surface area contributed by atoms with E-state index in [0.29, 0.717) is 5.56 Å². The summed E-state index contributed by atoms with van der Waals surface area (Å²) in [5.41, 5.74) is 0.281. The summed E-state index contributed by atoms with van der Waals surface area (Å²) in [7, 11) is 1.05. The number of aliphatic hydroxyl groups excluding tert-OH is 3. The van der Waals surface area contributed by atoms with Crippen LogP contribution in [0.2, 0.25) is 0 Å². The Balaban J connectivity index is 1.60. The Morgan fingerprint density at radius 3 is 2.38 bits per heavy atom. The standard InChI is InChI=1S/C22H22O12/c1-31-21(30)20-18(28)17(27)19(29)22(34-20)32-9-5-12(25)16-13(26)7-14(33-15(16)6-9)8-2-3-10(23)11(24)4-8/h2-6,14,17-20,22-25,27-29H,7H2,1H3/t14-,17+,18-,19+,20-,22+/m0/s1. The van der Waals surface area contributed by atoms with Crippen LogP contribution in [0.4, 0.5) is 0 Å². The Labute approximate surface area is 192 Å². The molecular weight excluding hydrogens is 456 g/mol. The van der Waals surface area contributed by atoms with Gasteiger partial charge in [-0.05, 0) is 17.7 Å². The van der Waals surface area contributed by atoms with Crippen LogP contribution in [0.5, 0.6) is 28.7 Å². The summed E-state index contributed by atoms with van der Waals surface area (Å²) in [6.45, 7) is 0. The molecule has 0 unspecified atom stereocenters. The van der Waals surface area contributed by atoms with Crippen molar-refractivity contribution in [2.75, 3.05) is 7.11 Å². The monoisotopic (exact) mass is 478 g/mol. The number of methoxy groups -OCH3 is 1. The summed E-state index contributed by atoms with van der Waals surface area (Å²) in [5, 5.41) is 59.9. The fraction of sp³-hybridized carbons (Fsp3) is 0.364. The zero-order valence-electron chi connectivity index (χ0n) is 17.7. The molecule has 0 aromatic heterocycles. The Kier molecular flexibility index (Phi) is 6.23. The summed E-state index contributed by atoms with van der Waals surface area (Å²) in [6.07, 6.45) is -9.66. The average Bonchev–Trinajstić information content (AvgIpc) is 2.80. The third kappa shape index (κ3) is 4.19. The fourth-order valence-corrected chi connectivity index (χ4v) is 3.80. The van der Waals surface area contributed by atoms with E-state index in [0.717, 1.165) is 13.2 Å². The van der Waals surface area contributed by atoms with E-state index >= 15 is 0 Å². The number of carbonyl (C=O) groups is 2. The number of fused-ring (bicyclic) bond motifs is 1. The third-order valence-electron chi connectivity index (χ3n) is 5.60. The van der Waals surface area contributed by atoms with Crippen LogP contribution in [-0.4, -0.2) is 80.2 Å². The molecule has 0 spiro atoms. The van der Waals surface area contributed by atoms with Crippen LogP contribution in [0.1, 0.15) is 28.4 Å². The number of aliphatic hydroxyl groups is 3. The molecule has 12 heteroatoms. The maximum atomic E-state index is 12.7. The Morgan fingerprint density at radius 2 is 1.71 bits per heavy atom. The largest absolute Gasteiger partial charge is 0.507 e. The minimum Gasteiger partial charge on any atom is -0.507 e. The van der Waals surface area contributed by atoms with Gasteiger partial charge in [0, 0.05) is 12.1 Å². The molecule has 6 atom stereocenters. The third-order valence-corrected chi connectivity index (χ3v) is 5.60. The number of aromatic hydroxyl groups is 3. The number of benzene rings is 2. The van der Waals surface area contributed by atoms with Crippen molar-refractivity contribution in [1.29, 1.82) is 0 Å². The zero-order valence-corrected chi connectivity index (χ0v) is 17.7. The summed E-state index contributed by atoms with van der Waals surface area (Å²) in [5.74, 6) is -2.91. The van der Waals surface area contributed by atoms with Crippen molar-refractivity contribution in [2.24, 2.45) is 0 Å². The lowest BCUT2D eigenvalue weighted by molar-refractivity contribution is -0.271. The van der Waals surface area contributed by atoms with Crippen molar-refractivity contribution in [3.05, 3.63) is 41.5 Å². The predicted molar refractivity (Wildman–Crippen MR) is 110 cm³/mol. The summed E-state index contributed by atoms with van der Waals surface area (Å²) in [6, 6.07) is 6.24. The van der Waals surface area contributed by atoms with Gasteiger partial charge in [-0.1, -0.05) is 6.07 Å². The topological polar surface area (TPSA) is 192 Å². The normalized spacial score (nSPS) is 28.5. The van der Waals surface area contributed by atoms with Gasteiger partial charge in [0.05, 0.1) is 13.5 Å². The predicted octanol–water partition coefficient (Wildman–Crippen LogP) is -0.131. The fourth-order valence-electron chi connectivity index (χ4n) is 3.80. The van der Waals surface area contributed by atoms with Gasteiger partial charge in [-0.25, -0.2) is 4.79 Å². The maximum Gasteiger partial charge on any atom is 0.337 e. The van der Waals surface area contributed by atoms with E-state index in [-0.39, 0.29) is 29.2 Å². The summed E-state index contributed by atoms with van der Waals surface area (Å²) >= 11 is 0. The number of phenols is 3. The van der Waals surface area contributed by atoms with Crippen LogP contribution in [0.15, 0.2) is 30.3 Å². The molecule has 0 aliphatic carbocycles. The molecule has 0 amide bonds. The number of hydrogen-bond donors (Lipinski definition) is 6. The second-order valence-electron chi connectivity index (χ2n) is 7.84. The summed E-state index contributed by atoms with van der Waals surface area (Å²) < 4.78 is 21.1. The van der Waals surface area contributed by atoms with Gasteiger partial charge in [0.1, 0.15) is 47.2 Å². The number of phenolic OH excluding ortho intramolecular Hbond substituents is 3. The van der Waals surface area contributed by atoms with Gasteiger partial charge >= 0.3 is 5.97 Å². The zero-order chi connectivity index (χ0) is 24.7. The Hall–Kier alpha value is -3.58. The van der Waals surface area contributed by atoms with Crippen LogP contribution < -0.4 is 9.47 Å². The maximum absolute atomic E-state index is 12.7. The van der Waals surface area contributed by atoms with Crippen LogP contribution in [0.25, 0.3) is 0 Å². The van der Waals surface area contributed by atoms with Crippen LogP contribution in [0, 0.1) is 0 Å². The first kappa shape index (κ1) is 23.6. The van der Waals surface area contributed by atoms with Gasteiger partial charge in [0.25, 0.3) is 0 Å². The number of ketones is 1. The van der Waals surface area contributed by atoms with Gasteiger partial charge in [-0.3, -0.25) is 4.79 Å². The van der Waals surface area contributed by atoms with Gasteiger partial charge in [0.15, 0.2) is 23.4 Å². The molecule has 2 aromatic rings. The first-order valence-corrected chi connectivity index (χ1v) is 10.1. The molecule has 34 heavy (non-hydrogen) atoms. The molecule has 4 rings (SSSR count). The SMILES string of the molecule is COC(=O)[C@H]1O[C@@H](Oc2cc(O)c3c(c2)O[C@H](c2ccc(O)c(O)c2)CC3=O)[C@H](O)[C@H](O)[C@@H]1O. The van der Waals surface area contributed by atoms with Crippen LogP contribution in [0.3, 0.4) is 0 Å². The molecule has 2 aromatic carbocycles. The Bertz CT molecular complexity index is 1120. The van der Waals surface area contributed by atoms with E-state index in [2.05, 4.69) is 4.74 Å². The number of carbonyl (C=O) groups excluding carboxylic acids is 2. The van der Waals surface area contributed by atoms with E-state index in [1.54, 1.807) is 0 Å². The Morgan fingerprint density at radius 1 is 0.971 bits per heavy atom. The van der Waals surface area contributed by atoms with E-state index in [1.807, 2.05) is 0 Å². The quantitative estimate of drug-likeness (QED) is 0.252. The molecule has 2 heterocycles. The van der Waals surface area contributed by atoms with E-state index in [9.17, 15) is 40.2 Å². The molecule has 2 aliphatic rings. The van der Waals surface area contributed by atoms with Crippen molar-refractivity contribution in [3.63, 3.8) is 0 Å². The average molecular weight is 478 g/mol. The molecule has 0 radical (unpaired) electrons. The minimum atomic E-state index is -1.81. The van der Waals surface area contributed by atoms with Crippen molar-refractivity contribution in [2.45, 2.75) is 43.2 Å². The number of esters is 1. The van der Waals surface area contributed by atoms with Gasteiger partial charge in [-0.2, -0.15) is 0 Å². The lowest BCUT2D eigenvalue weighted by Crippen LogP contribution is -2.61. The first-order chi connectivity index (χ1) is 16.1. The summed E-state index contributed by atoms with van der Waals surface area (Å²) in [4.78, 5) is 24.5. The molecule has 1 saturated heterocycles. The van der Waals surface area contributed by atoms with Crippen molar-refractivity contribution in [3.8, 4) is 28.7 Å². The molecule has 1 fully saturated rings. The smallest absolute Gasteiger partial charge is 0.337 e. The van der Waals surface area contributed by atoms with E-state index in [1.165, 1.54) is 24.3 Å². The van der Waals surface area contributed by atoms with Crippen molar-refractivity contribution < 1.29 is 59.2 Å². The second kappa shape index (κ2) is 8.99. The van der Waals surface area contributed by atoms with Gasteiger partial charge < -0.3 is 49.6 Å². The molecule has 182 valence electrons. The first-order valence-electron chi connectivity index (χ1n) is 10.1. The highest BCUT2D eigenvalue weighted by atomic mass is 16.7. The molecule has 6 N–H and O–H groups in total. The van der Waals surface area contributed by atoms with Gasteiger partial charge in [-0.15, -0.1) is 0 Å². The number of rotatable bonds is 4. The second-order valence-corrected chi connectivity index (χ2v) is 7.84. The highest BCUT2D eigenvalue weighted by Crippen LogP contribution is 2.43. The number of Topliss-reactive ketones (excluding diaryl/α,β-unsaturated/α-hetero) is 1. The lowest BCUT2D eigenvalue weighted by Gasteiger charge is -2.39. The van der Waals surface area contributed by atoms with Gasteiger partial charge in [0.2, 0.25) is 6.29 Å². The molecule has 0 saturated carbocycles. The van der Waals surface area contributed by atoms with Crippen LogP contribution >= 0.6 is 0 Å². The molecule has 0 bridgehead atoms. The van der Waals surface area contributed by atoms with Crippen molar-refractivity contribution in [1.82, 2.24) is 0 Å².